The van der Waals surface area contributed by atoms with Crippen molar-refractivity contribution in [2.45, 2.75) is 0 Å². The molecule has 0 heterocycles. The summed E-state index contributed by atoms with van der Waals surface area (Å²) >= 11 is 0. The van der Waals surface area contributed by atoms with Crippen LogP contribution in [0.1, 0.15) is 5.56 Å². The number of anilines is 1. The van der Waals surface area contributed by atoms with Gasteiger partial charge in [-0.2, -0.15) is 5.26 Å². The van der Waals surface area contributed by atoms with Crippen LogP contribution in [0, 0.1) is 11.3 Å². The first-order valence-electron chi connectivity index (χ1n) is 4.42. The summed E-state index contributed by atoms with van der Waals surface area (Å²) in [6, 6.07) is 6.57. The van der Waals surface area contributed by atoms with Crippen LogP contribution in [0.2, 0.25) is 0 Å². The molecule has 0 amide bonds. The third kappa shape index (κ3) is 2.44. The van der Waals surface area contributed by atoms with E-state index < -0.39 is 10.0 Å². The second-order valence-electron chi connectivity index (χ2n) is 3.23. The SMILES string of the molecule is COc1ccc(N(C)S(C)(=O)=O)cc1C#N. The predicted molar refractivity (Wildman–Crippen MR) is 61.0 cm³/mol. The van der Waals surface area contributed by atoms with E-state index >= 15 is 0 Å². The van der Waals surface area contributed by atoms with E-state index in [1.807, 2.05) is 6.07 Å². The first kappa shape index (κ1) is 12.3. The van der Waals surface area contributed by atoms with Crippen molar-refractivity contribution in [1.29, 1.82) is 5.26 Å². The Labute approximate surface area is 94.9 Å². The van der Waals surface area contributed by atoms with E-state index in [0.29, 0.717) is 17.0 Å². The third-order valence-corrected chi connectivity index (χ3v) is 3.37. The summed E-state index contributed by atoms with van der Waals surface area (Å²) in [5.74, 6) is 0.424. The molecule has 1 aromatic rings. The van der Waals surface area contributed by atoms with Crippen molar-refractivity contribution in [3.63, 3.8) is 0 Å². The number of hydrogen-bond donors (Lipinski definition) is 0. The van der Waals surface area contributed by atoms with Crippen LogP contribution in [0.25, 0.3) is 0 Å². The van der Waals surface area contributed by atoms with Gasteiger partial charge in [0.05, 0.1) is 24.6 Å². The largest absolute Gasteiger partial charge is 0.495 e. The van der Waals surface area contributed by atoms with Crippen LogP contribution in [0.5, 0.6) is 5.75 Å². The zero-order valence-electron chi connectivity index (χ0n) is 9.26. The van der Waals surface area contributed by atoms with Gasteiger partial charge in [-0.15, -0.1) is 0 Å². The molecular weight excluding hydrogens is 228 g/mol. The number of hydrogen-bond acceptors (Lipinski definition) is 4. The Hall–Kier alpha value is -1.74. The molecular formula is C10H12N2O3S. The van der Waals surface area contributed by atoms with Gasteiger partial charge >= 0.3 is 0 Å². The lowest BCUT2D eigenvalue weighted by Crippen LogP contribution is -2.24. The standard InChI is InChI=1S/C10H12N2O3S/c1-12(16(3,13)14)9-4-5-10(15-2)8(6-9)7-11/h4-6H,1-3H3. The average Bonchev–Trinajstić information content (AvgIpc) is 2.25. The van der Waals surface area contributed by atoms with Gasteiger partial charge < -0.3 is 4.74 Å². The molecule has 16 heavy (non-hydrogen) atoms. The Morgan fingerprint density at radius 3 is 2.50 bits per heavy atom. The topological polar surface area (TPSA) is 70.4 Å². The van der Waals surface area contributed by atoms with Crippen LogP contribution < -0.4 is 9.04 Å². The monoisotopic (exact) mass is 240 g/mol. The molecule has 0 fully saturated rings. The van der Waals surface area contributed by atoms with Gasteiger partial charge in [-0.3, -0.25) is 4.31 Å². The number of benzene rings is 1. The minimum atomic E-state index is -3.32. The molecule has 0 bridgehead atoms. The van der Waals surface area contributed by atoms with Crippen LogP contribution in [-0.2, 0) is 10.0 Å². The van der Waals surface area contributed by atoms with Gasteiger partial charge in [0.25, 0.3) is 0 Å². The third-order valence-electron chi connectivity index (χ3n) is 2.16. The number of ether oxygens (including phenoxy) is 1. The van der Waals surface area contributed by atoms with Gasteiger partial charge in [0.15, 0.2) is 0 Å². The molecule has 0 aliphatic heterocycles. The summed E-state index contributed by atoms with van der Waals surface area (Å²) in [5, 5.41) is 8.86. The van der Waals surface area contributed by atoms with Crippen molar-refractivity contribution in [1.82, 2.24) is 0 Å². The zero-order valence-corrected chi connectivity index (χ0v) is 10.1. The fourth-order valence-electron chi connectivity index (χ4n) is 1.17. The molecule has 0 aliphatic carbocycles. The van der Waals surface area contributed by atoms with E-state index in [1.54, 1.807) is 12.1 Å². The quantitative estimate of drug-likeness (QED) is 0.789. The molecule has 0 atom stereocenters. The van der Waals surface area contributed by atoms with Crippen LogP contribution in [0.3, 0.4) is 0 Å². The Balaban J connectivity index is 3.25. The molecule has 1 rings (SSSR count). The summed E-state index contributed by atoms with van der Waals surface area (Å²) in [5.41, 5.74) is 0.732. The van der Waals surface area contributed by atoms with Crippen molar-refractivity contribution >= 4 is 15.7 Å². The van der Waals surface area contributed by atoms with Gasteiger partial charge in [-0.1, -0.05) is 0 Å². The summed E-state index contributed by atoms with van der Waals surface area (Å²) in [6.45, 7) is 0. The maximum absolute atomic E-state index is 11.3. The minimum Gasteiger partial charge on any atom is -0.495 e. The van der Waals surface area contributed by atoms with Crippen molar-refractivity contribution in [3.05, 3.63) is 23.8 Å². The Morgan fingerprint density at radius 2 is 2.06 bits per heavy atom. The molecule has 1 aromatic carbocycles. The van der Waals surface area contributed by atoms with Crippen LogP contribution in [0.4, 0.5) is 5.69 Å². The number of nitrogens with zero attached hydrogens (tertiary/aromatic N) is 2. The maximum Gasteiger partial charge on any atom is 0.231 e. The lowest BCUT2D eigenvalue weighted by atomic mass is 10.2. The van der Waals surface area contributed by atoms with E-state index in [-0.39, 0.29) is 0 Å². The lowest BCUT2D eigenvalue weighted by molar-refractivity contribution is 0.413. The van der Waals surface area contributed by atoms with E-state index in [2.05, 4.69) is 0 Å². The second kappa shape index (κ2) is 4.41. The first-order valence-corrected chi connectivity index (χ1v) is 6.27. The maximum atomic E-state index is 11.3. The smallest absolute Gasteiger partial charge is 0.231 e. The normalized spacial score (nSPS) is 10.6. The minimum absolute atomic E-state index is 0.301. The molecule has 6 heteroatoms. The Bertz CT molecular complexity index is 531. The summed E-state index contributed by atoms with van der Waals surface area (Å²) in [4.78, 5) is 0. The van der Waals surface area contributed by atoms with Gasteiger partial charge in [0.2, 0.25) is 10.0 Å². The highest BCUT2D eigenvalue weighted by Gasteiger charge is 2.13. The zero-order chi connectivity index (χ0) is 12.3. The van der Waals surface area contributed by atoms with Crippen LogP contribution in [-0.4, -0.2) is 28.8 Å². The number of nitriles is 1. The molecule has 0 spiro atoms. The fourth-order valence-corrected chi connectivity index (χ4v) is 1.67. The van der Waals surface area contributed by atoms with Gasteiger partial charge in [0.1, 0.15) is 11.8 Å². The van der Waals surface area contributed by atoms with Crippen molar-refractivity contribution in [2.75, 3.05) is 24.7 Å². The molecule has 0 aliphatic rings. The molecule has 86 valence electrons. The number of sulfonamides is 1. The number of rotatable bonds is 3. The van der Waals surface area contributed by atoms with Gasteiger partial charge in [0, 0.05) is 7.05 Å². The van der Waals surface area contributed by atoms with Gasteiger partial charge in [-0.25, -0.2) is 8.42 Å². The number of methoxy groups -OCH3 is 1. The van der Waals surface area contributed by atoms with Crippen molar-refractivity contribution in [3.8, 4) is 11.8 Å². The molecule has 0 aromatic heterocycles. The first-order chi connectivity index (χ1) is 7.40. The van der Waals surface area contributed by atoms with E-state index in [1.165, 1.54) is 20.2 Å². The summed E-state index contributed by atoms with van der Waals surface area (Å²) in [6.07, 6.45) is 1.10. The molecule has 0 unspecified atom stereocenters. The summed E-state index contributed by atoms with van der Waals surface area (Å²) in [7, 11) is -0.434. The van der Waals surface area contributed by atoms with Crippen molar-refractivity contribution < 1.29 is 13.2 Å². The predicted octanol–water partition coefficient (Wildman–Crippen LogP) is 0.963. The lowest BCUT2D eigenvalue weighted by Gasteiger charge is -2.17. The molecule has 0 saturated carbocycles. The Morgan fingerprint density at radius 1 is 1.44 bits per heavy atom. The highest BCUT2D eigenvalue weighted by atomic mass is 32.2. The fraction of sp³-hybridized carbons (Fsp3) is 0.300. The molecule has 0 saturated heterocycles. The van der Waals surface area contributed by atoms with Crippen LogP contribution in [0.15, 0.2) is 18.2 Å². The highest BCUT2D eigenvalue weighted by molar-refractivity contribution is 7.92. The van der Waals surface area contributed by atoms with Gasteiger partial charge in [-0.05, 0) is 18.2 Å². The summed E-state index contributed by atoms with van der Waals surface area (Å²) < 4.78 is 28.7. The van der Waals surface area contributed by atoms with E-state index in [4.69, 9.17) is 10.00 Å². The second-order valence-corrected chi connectivity index (χ2v) is 5.24. The van der Waals surface area contributed by atoms with E-state index in [0.717, 1.165) is 10.6 Å². The Kier molecular flexibility index (Phi) is 3.40. The molecule has 0 N–H and O–H groups in total. The molecule has 0 radical (unpaired) electrons. The highest BCUT2D eigenvalue weighted by Crippen LogP contribution is 2.24. The molecule has 5 nitrogen and oxygen atoms in total. The van der Waals surface area contributed by atoms with Crippen molar-refractivity contribution in [2.24, 2.45) is 0 Å². The van der Waals surface area contributed by atoms with E-state index in [9.17, 15) is 8.42 Å². The van der Waals surface area contributed by atoms with Crippen LogP contribution >= 0.6 is 0 Å². The average molecular weight is 240 g/mol.